The van der Waals surface area contributed by atoms with Crippen LogP contribution in [0.3, 0.4) is 0 Å². The van der Waals surface area contributed by atoms with Crippen molar-refractivity contribution in [1.82, 2.24) is 9.80 Å². The third-order valence-corrected chi connectivity index (χ3v) is 3.54. The van der Waals surface area contributed by atoms with E-state index in [1.165, 1.54) is 12.8 Å². The number of nitrogens with zero attached hydrogens (tertiary/aromatic N) is 4. The zero-order valence-electron chi connectivity index (χ0n) is 10.5. The first kappa shape index (κ1) is 11.3. The van der Waals surface area contributed by atoms with Crippen LogP contribution in [-0.4, -0.2) is 61.6 Å². The fourth-order valence-corrected chi connectivity index (χ4v) is 2.49. The molecule has 1 aliphatic carbocycles. The van der Waals surface area contributed by atoms with E-state index in [9.17, 15) is 0 Å². The van der Waals surface area contributed by atoms with Crippen molar-refractivity contribution in [2.24, 2.45) is 9.98 Å². The van der Waals surface area contributed by atoms with E-state index in [1.54, 1.807) is 0 Å². The second kappa shape index (κ2) is 4.37. The van der Waals surface area contributed by atoms with Crippen LogP contribution in [-0.2, 0) is 0 Å². The fourth-order valence-electron chi connectivity index (χ4n) is 2.49. The van der Waals surface area contributed by atoms with Gasteiger partial charge in [-0.25, -0.2) is 0 Å². The molecule has 0 amide bonds. The van der Waals surface area contributed by atoms with Gasteiger partial charge in [-0.3, -0.25) is 9.98 Å². The third kappa shape index (κ3) is 1.67. The molecule has 0 N–H and O–H groups in total. The molecular formula is C12H20N4. The minimum absolute atomic E-state index is 0.559. The van der Waals surface area contributed by atoms with E-state index in [1.807, 2.05) is 20.2 Å². The van der Waals surface area contributed by atoms with E-state index >= 15 is 0 Å². The molecule has 2 atom stereocenters. The monoisotopic (exact) mass is 220 g/mol. The molecule has 2 unspecified atom stereocenters. The summed E-state index contributed by atoms with van der Waals surface area (Å²) in [5.41, 5.74) is 0.993. The van der Waals surface area contributed by atoms with Crippen molar-refractivity contribution >= 4 is 11.5 Å². The molecule has 1 aliphatic heterocycles. The highest BCUT2D eigenvalue weighted by Crippen LogP contribution is 2.31. The lowest BCUT2D eigenvalue weighted by Gasteiger charge is -2.45. The maximum atomic E-state index is 4.35. The van der Waals surface area contributed by atoms with Crippen molar-refractivity contribution in [3.8, 4) is 0 Å². The molecule has 16 heavy (non-hydrogen) atoms. The summed E-state index contributed by atoms with van der Waals surface area (Å²) in [5, 5.41) is 0. The van der Waals surface area contributed by atoms with Gasteiger partial charge in [0.05, 0.1) is 6.04 Å². The summed E-state index contributed by atoms with van der Waals surface area (Å²) < 4.78 is 0. The molecule has 0 aromatic rings. The van der Waals surface area contributed by atoms with E-state index < -0.39 is 0 Å². The van der Waals surface area contributed by atoms with Gasteiger partial charge < -0.3 is 9.80 Å². The molecule has 2 aliphatic rings. The minimum atomic E-state index is 0.559. The molecule has 2 rings (SSSR count). The Labute approximate surface area is 97.4 Å². The highest BCUT2D eigenvalue weighted by atomic mass is 15.3. The summed E-state index contributed by atoms with van der Waals surface area (Å²) in [5.74, 6) is 1.01. The van der Waals surface area contributed by atoms with Gasteiger partial charge in [-0.05, 0) is 33.0 Å². The van der Waals surface area contributed by atoms with Crippen LogP contribution in [0.5, 0.6) is 0 Å². The molecule has 0 bridgehead atoms. The number of hydrogen-bond donors (Lipinski definition) is 0. The van der Waals surface area contributed by atoms with E-state index in [2.05, 4.69) is 40.1 Å². The summed E-state index contributed by atoms with van der Waals surface area (Å²) in [4.78, 5) is 13.2. The lowest BCUT2D eigenvalue weighted by atomic mass is 9.84. The summed E-state index contributed by atoms with van der Waals surface area (Å²) in [7, 11) is 7.95. The second-order valence-electron chi connectivity index (χ2n) is 4.55. The number of aliphatic imine (C=N–C) groups is 2. The maximum Gasteiger partial charge on any atom is 0.153 e. The molecule has 1 heterocycles. The first-order valence-electron chi connectivity index (χ1n) is 5.76. The first-order valence-corrected chi connectivity index (χ1v) is 5.76. The summed E-state index contributed by atoms with van der Waals surface area (Å²) in [6.07, 6.45) is 6.68. The minimum Gasteiger partial charge on any atom is -0.327 e. The van der Waals surface area contributed by atoms with E-state index in [0.29, 0.717) is 12.1 Å². The predicted molar refractivity (Wildman–Crippen MR) is 68.2 cm³/mol. The van der Waals surface area contributed by atoms with Gasteiger partial charge in [-0.15, -0.1) is 0 Å². The SMILES string of the molecule is CN=C1C=CN(C2CCC2N(C)C)C1=NC. The summed E-state index contributed by atoms with van der Waals surface area (Å²) in [6, 6.07) is 1.20. The molecule has 0 radical (unpaired) electrons. The van der Waals surface area contributed by atoms with E-state index in [0.717, 1.165) is 11.5 Å². The highest BCUT2D eigenvalue weighted by molar-refractivity contribution is 6.47. The van der Waals surface area contributed by atoms with Crippen LogP contribution >= 0.6 is 0 Å². The van der Waals surface area contributed by atoms with Crippen molar-refractivity contribution < 1.29 is 0 Å². The zero-order valence-corrected chi connectivity index (χ0v) is 10.5. The molecule has 0 aromatic heterocycles. The highest BCUT2D eigenvalue weighted by Gasteiger charge is 2.39. The van der Waals surface area contributed by atoms with Gasteiger partial charge in [0.15, 0.2) is 5.84 Å². The van der Waals surface area contributed by atoms with Gasteiger partial charge in [-0.2, -0.15) is 0 Å². The van der Waals surface area contributed by atoms with Crippen molar-refractivity contribution in [3.63, 3.8) is 0 Å². The van der Waals surface area contributed by atoms with Crippen molar-refractivity contribution in [1.29, 1.82) is 0 Å². The zero-order chi connectivity index (χ0) is 11.7. The van der Waals surface area contributed by atoms with Crippen LogP contribution in [0.2, 0.25) is 0 Å². The third-order valence-electron chi connectivity index (χ3n) is 3.54. The van der Waals surface area contributed by atoms with Gasteiger partial charge in [0, 0.05) is 26.3 Å². The number of hydrogen-bond acceptors (Lipinski definition) is 3. The Balaban J connectivity index is 2.15. The molecule has 1 saturated carbocycles. The molecule has 0 saturated heterocycles. The van der Waals surface area contributed by atoms with Crippen LogP contribution in [0, 0.1) is 0 Å². The molecule has 88 valence electrons. The number of likely N-dealkylation sites (N-methyl/N-ethyl adjacent to an activating group) is 1. The molecular weight excluding hydrogens is 200 g/mol. The number of rotatable bonds is 2. The predicted octanol–water partition coefficient (Wildman–Crippen LogP) is 1.01. The first-order chi connectivity index (χ1) is 7.69. The molecule has 1 fully saturated rings. The second-order valence-corrected chi connectivity index (χ2v) is 4.55. The average molecular weight is 220 g/mol. The van der Waals surface area contributed by atoms with Crippen LogP contribution in [0.15, 0.2) is 22.3 Å². The largest absolute Gasteiger partial charge is 0.327 e. The standard InChI is InChI=1S/C12H20N4/c1-13-9-7-8-16(12(9)14-2)11-6-5-10(11)15(3)4/h7-8,10-11H,5-6H2,1-4H3. The van der Waals surface area contributed by atoms with Crippen LogP contribution in [0.25, 0.3) is 0 Å². The molecule has 0 spiro atoms. The van der Waals surface area contributed by atoms with E-state index in [4.69, 9.17) is 0 Å². The van der Waals surface area contributed by atoms with Crippen molar-refractivity contribution in [2.45, 2.75) is 24.9 Å². The fraction of sp³-hybridized carbons (Fsp3) is 0.667. The van der Waals surface area contributed by atoms with Gasteiger partial charge in [0.1, 0.15) is 5.71 Å². The van der Waals surface area contributed by atoms with Gasteiger partial charge in [0.2, 0.25) is 0 Å². The Kier molecular flexibility index (Phi) is 3.10. The van der Waals surface area contributed by atoms with Gasteiger partial charge >= 0.3 is 0 Å². The van der Waals surface area contributed by atoms with Gasteiger partial charge in [-0.1, -0.05) is 0 Å². The maximum absolute atomic E-state index is 4.35. The van der Waals surface area contributed by atoms with Crippen molar-refractivity contribution in [3.05, 3.63) is 12.3 Å². The molecule has 4 nitrogen and oxygen atoms in total. The molecule has 4 heteroatoms. The Hall–Kier alpha value is -1.16. The lowest BCUT2D eigenvalue weighted by Crippen LogP contribution is -2.56. The number of amidine groups is 1. The quantitative estimate of drug-likeness (QED) is 0.695. The Morgan fingerprint density at radius 2 is 2.00 bits per heavy atom. The Morgan fingerprint density at radius 1 is 1.25 bits per heavy atom. The van der Waals surface area contributed by atoms with Gasteiger partial charge in [0.25, 0.3) is 0 Å². The van der Waals surface area contributed by atoms with Crippen LogP contribution in [0.4, 0.5) is 0 Å². The smallest absolute Gasteiger partial charge is 0.153 e. The summed E-state index contributed by atoms with van der Waals surface area (Å²) >= 11 is 0. The summed E-state index contributed by atoms with van der Waals surface area (Å²) in [6.45, 7) is 0. The lowest BCUT2D eigenvalue weighted by molar-refractivity contribution is 0.0992. The topological polar surface area (TPSA) is 31.2 Å². The van der Waals surface area contributed by atoms with E-state index in [-0.39, 0.29) is 0 Å². The van der Waals surface area contributed by atoms with Crippen LogP contribution in [0.1, 0.15) is 12.8 Å². The van der Waals surface area contributed by atoms with Crippen LogP contribution < -0.4 is 0 Å². The molecule has 0 aromatic carbocycles. The normalized spacial score (nSPS) is 34.2. The van der Waals surface area contributed by atoms with Crippen molar-refractivity contribution in [2.75, 3.05) is 28.2 Å². The average Bonchev–Trinajstić information content (AvgIpc) is 2.58. The Bertz CT molecular complexity index is 354. The Morgan fingerprint density at radius 3 is 2.44 bits per heavy atom.